The molecule has 3 fully saturated rings. The Labute approximate surface area is 195 Å². The van der Waals surface area contributed by atoms with Gasteiger partial charge in [-0.2, -0.15) is 5.26 Å². The molecule has 1 aromatic heterocycles. The molecule has 0 amide bonds. The maximum atomic E-state index is 12.4. The van der Waals surface area contributed by atoms with Crippen LogP contribution in [0.5, 0.6) is 11.6 Å². The molecule has 2 saturated carbocycles. The van der Waals surface area contributed by atoms with Crippen LogP contribution in [0.3, 0.4) is 0 Å². The molecule has 1 aromatic carbocycles. The van der Waals surface area contributed by atoms with E-state index in [0.717, 1.165) is 43.1 Å². The molecule has 0 spiro atoms. The van der Waals surface area contributed by atoms with Gasteiger partial charge in [0.25, 0.3) is 0 Å². The summed E-state index contributed by atoms with van der Waals surface area (Å²) in [5, 5.41) is 9.23. The van der Waals surface area contributed by atoms with Crippen molar-refractivity contribution >= 4 is 11.5 Å². The van der Waals surface area contributed by atoms with Crippen LogP contribution in [0.4, 0.5) is 5.69 Å². The smallest absolute Gasteiger partial charge is 0.215 e. The number of rotatable bonds is 10. The standard InChI is InChI=1S/C27H31N3O3/c1-19(14-25(31)27(18-28)10-11-27)21-4-6-23(7-5-21)33-24-9-13-30(16-24)22-8-12-29-26(15-22)32-17-20-2-3-20/h4-8,12,15,19-20,24H,2-3,9-11,13-14,16-17H2,1H3/t19-,24?/m1/s1. The Balaban J connectivity index is 1.13. The molecule has 33 heavy (non-hydrogen) atoms. The fourth-order valence-corrected chi connectivity index (χ4v) is 4.46. The molecule has 0 N–H and O–H groups in total. The first-order chi connectivity index (χ1) is 16.0. The van der Waals surface area contributed by atoms with Crippen LogP contribution in [-0.2, 0) is 4.79 Å². The number of pyridine rings is 1. The maximum Gasteiger partial charge on any atom is 0.215 e. The minimum Gasteiger partial charge on any atom is -0.489 e. The summed E-state index contributed by atoms with van der Waals surface area (Å²) in [5.74, 6) is 2.45. The van der Waals surface area contributed by atoms with Gasteiger partial charge in [0.05, 0.1) is 19.2 Å². The summed E-state index contributed by atoms with van der Waals surface area (Å²) >= 11 is 0. The Morgan fingerprint density at radius 3 is 2.73 bits per heavy atom. The Kier molecular flexibility index (Phi) is 5.97. The van der Waals surface area contributed by atoms with E-state index in [1.165, 1.54) is 12.8 Å². The number of carbonyl (C=O) groups excluding carboxylic acids is 1. The quantitative estimate of drug-likeness (QED) is 0.518. The van der Waals surface area contributed by atoms with Gasteiger partial charge in [0.2, 0.25) is 5.88 Å². The van der Waals surface area contributed by atoms with Crippen LogP contribution in [0.25, 0.3) is 0 Å². The predicted molar refractivity (Wildman–Crippen MR) is 125 cm³/mol. The predicted octanol–water partition coefficient (Wildman–Crippen LogP) is 4.89. The minimum absolute atomic E-state index is 0.0843. The lowest BCUT2D eigenvalue weighted by molar-refractivity contribution is -0.122. The highest BCUT2D eigenvalue weighted by molar-refractivity contribution is 5.90. The number of hydrogen-bond acceptors (Lipinski definition) is 6. The van der Waals surface area contributed by atoms with Crippen molar-refractivity contribution in [2.24, 2.45) is 11.3 Å². The molecule has 1 saturated heterocycles. The number of carbonyl (C=O) groups is 1. The molecule has 2 heterocycles. The third kappa shape index (κ3) is 5.13. The number of nitriles is 1. The van der Waals surface area contributed by atoms with Crippen LogP contribution in [0.2, 0.25) is 0 Å². The van der Waals surface area contributed by atoms with Gasteiger partial charge in [0.15, 0.2) is 5.78 Å². The molecule has 1 unspecified atom stereocenters. The van der Waals surface area contributed by atoms with E-state index in [9.17, 15) is 10.1 Å². The van der Waals surface area contributed by atoms with Crippen LogP contribution >= 0.6 is 0 Å². The lowest BCUT2D eigenvalue weighted by Gasteiger charge is -2.20. The lowest BCUT2D eigenvalue weighted by Crippen LogP contribution is -2.24. The number of ketones is 1. The summed E-state index contributed by atoms with van der Waals surface area (Å²) in [6, 6.07) is 14.3. The van der Waals surface area contributed by atoms with Gasteiger partial charge < -0.3 is 14.4 Å². The van der Waals surface area contributed by atoms with Crippen LogP contribution in [0, 0.1) is 22.7 Å². The second-order valence-electron chi connectivity index (χ2n) is 9.87. The number of nitrogens with zero attached hydrogens (tertiary/aromatic N) is 3. The average molecular weight is 446 g/mol. The van der Waals surface area contributed by atoms with Crippen LogP contribution in [0.15, 0.2) is 42.6 Å². The molecule has 5 rings (SSSR count). The molecular formula is C27H31N3O3. The third-order valence-electron chi connectivity index (χ3n) is 7.13. The molecule has 1 aliphatic heterocycles. The minimum atomic E-state index is -0.690. The van der Waals surface area contributed by atoms with Gasteiger partial charge >= 0.3 is 0 Å². The molecule has 0 radical (unpaired) electrons. The molecule has 0 bridgehead atoms. The van der Waals surface area contributed by atoms with Gasteiger partial charge in [-0.3, -0.25) is 4.79 Å². The van der Waals surface area contributed by atoms with Crippen molar-refractivity contribution in [2.45, 2.75) is 57.5 Å². The van der Waals surface area contributed by atoms with Gasteiger partial charge in [-0.1, -0.05) is 19.1 Å². The number of benzene rings is 1. The highest BCUT2D eigenvalue weighted by atomic mass is 16.5. The molecule has 172 valence electrons. The summed E-state index contributed by atoms with van der Waals surface area (Å²) in [6.07, 6.45) is 7.30. The second-order valence-corrected chi connectivity index (χ2v) is 9.87. The van der Waals surface area contributed by atoms with Gasteiger partial charge in [-0.25, -0.2) is 4.98 Å². The summed E-state index contributed by atoms with van der Waals surface area (Å²) < 4.78 is 12.1. The first kappa shape index (κ1) is 21.8. The molecule has 2 aliphatic carbocycles. The van der Waals surface area contributed by atoms with E-state index in [0.29, 0.717) is 31.1 Å². The summed E-state index contributed by atoms with van der Waals surface area (Å²) in [4.78, 5) is 19.1. The van der Waals surface area contributed by atoms with E-state index in [1.807, 2.05) is 49.5 Å². The molecule has 6 heteroatoms. The normalized spacial score (nSPS) is 21.8. The van der Waals surface area contributed by atoms with Crippen LogP contribution in [-0.4, -0.2) is 36.6 Å². The van der Waals surface area contributed by atoms with Gasteiger partial charge in [-0.05, 0) is 61.3 Å². The van der Waals surface area contributed by atoms with Gasteiger partial charge in [-0.15, -0.1) is 0 Å². The fourth-order valence-electron chi connectivity index (χ4n) is 4.46. The molecular weight excluding hydrogens is 414 g/mol. The van der Waals surface area contributed by atoms with Crippen molar-refractivity contribution in [3.8, 4) is 17.7 Å². The molecule has 2 atom stereocenters. The zero-order chi connectivity index (χ0) is 22.8. The average Bonchev–Trinajstić information content (AvgIpc) is 3.77. The summed E-state index contributed by atoms with van der Waals surface area (Å²) in [6.45, 7) is 4.58. The molecule has 2 aromatic rings. The van der Waals surface area contributed by atoms with Crippen molar-refractivity contribution < 1.29 is 14.3 Å². The third-order valence-corrected chi connectivity index (χ3v) is 7.13. The number of hydrogen-bond donors (Lipinski definition) is 0. The Morgan fingerprint density at radius 2 is 2.03 bits per heavy atom. The van der Waals surface area contributed by atoms with E-state index in [-0.39, 0.29) is 17.8 Å². The number of ether oxygens (including phenoxy) is 2. The van der Waals surface area contributed by atoms with E-state index in [1.54, 1.807) is 0 Å². The van der Waals surface area contributed by atoms with E-state index in [4.69, 9.17) is 9.47 Å². The van der Waals surface area contributed by atoms with Crippen LogP contribution in [0.1, 0.15) is 56.9 Å². The topological polar surface area (TPSA) is 75.5 Å². The molecule has 3 aliphatic rings. The highest BCUT2D eigenvalue weighted by Gasteiger charge is 2.50. The van der Waals surface area contributed by atoms with E-state index in [2.05, 4.69) is 16.0 Å². The van der Waals surface area contributed by atoms with E-state index >= 15 is 0 Å². The SMILES string of the molecule is C[C@H](CC(=O)C1(C#N)CC1)c1ccc(OC2CCN(c3ccnc(OCC4CC4)c3)C2)cc1. The zero-order valence-electron chi connectivity index (χ0n) is 19.2. The zero-order valence-corrected chi connectivity index (χ0v) is 19.2. The van der Waals surface area contributed by atoms with Gasteiger partial charge in [0, 0.05) is 37.3 Å². The van der Waals surface area contributed by atoms with Crippen molar-refractivity contribution in [3.05, 3.63) is 48.2 Å². The van der Waals surface area contributed by atoms with Crippen molar-refractivity contribution in [1.29, 1.82) is 5.26 Å². The van der Waals surface area contributed by atoms with Crippen LogP contribution < -0.4 is 14.4 Å². The summed E-state index contributed by atoms with van der Waals surface area (Å²) in [7, 11) is 0. The first-order valence-electron chi connectivity index (χ1n) is 12.1. The van der Waals surface area contributed by atoms with Crippen molar-refractivity contribution in [1.82, 2.24) is 4.98 Å². The van der Waals surface area contributed by atoms with Gasteiger partial charge in [0.1, 0.15) is 17.3 Å². The second kappa shape index (κ2) is 9.05. The Morgan fingerprint density at radius 1 is 1.24 bits per heavy atom. The lowest BCUT2D eigenvalue weighted by atomic mass is 9.90. The first-order valence-corrected chi connectivity index (χ1v) is 12.1. The van der Waals surface area contributed by atoms with Crippen molar-refractivity contribution in [2.75, 3.05) is 24.6 Å². The number of aromatic nitrogens is 1. The Hall–Kier alpha value is -3.07. The maximum absolute atomic E-state index is 12.4. The fraction of sp³-hybridized carbons (Fsp3) is 0.519. The Bertz CT molecular complexity index is 1040. The highest BCUT2D eigenvalue weighted by Crippen LogP contribution is 2.47. The van der Waals surface area contributed by atoms with Crippen molar-refractivity contribution in [3.63, 3.8) is 0 Å². The largest absolute Gasteiger partial charge is 0.489 e. The monoisotopic (exact) mass is 445 g/mol. The molecule has 6 nitrogen and oxygen atoms in total. The number of anilines is 1. The summed E-state index contributed by atoms with van der Waals surface area (Å²) in [5.41, 5.74) is 1.54. The van der Waals surface area contributed by atoms with E-state index < -0.39 is 5.41 Å². The number of Topliss-reactive ketones (excluding diaryl/α,β-unsaturated/α-hetero) is 1.